The molecule has 4 rings (SSSR count). The first kappa shape index (κ1) is 22.4. The second kappa shape index (κ2) is 9.01. The number of morpholine rings is 1. The highest BCUT2D eigenvalue weighted by atomic mass is 19.2. The van der Waals surface area contributed by atoms with E-state index < -0.39 is 29.4 Å². The Hall–Kier alpha value is -3.75. The predicted molar refractivity (Wildman–Crippen MR) is 115 cm³/mol. The van der Waals surface area contributed by atoms with E-state index in [1.807, 2.05) is 29.8 Å². The van der Waals surface area contributed by atoms with Crippen LogP contribution in [0, 0.1) is 24.4 Å². The van der Waals surface area contributed by atoms with Crippen LogP contribution < -0.4 is 4.74 Å². The van der Waals surface area contributed by atoms with Gasteiger partial charge in [0, 0.05) is 6.20 Å². The lowest BCUT2D eigenvalue weighted by Gasteiger charge is -2.34. The van der Waals surface area contributed by atoms with E-state index in [1.54, 1.807) is 32.5 Å². The number of hydrogen-bond donors (Lipinski definition) is 0. The minimum absolute atomic E-state index is 0.0874. The summed E-state index contributed by atoms with van der Waals surface area (Å²) < 4.78 is 53.6. The highest BCUT2D eigenvalue weighted by molar-refractivity contribution is 5.96. The molecule has 0 N–H and O–H groups in total. The molecule has 2 aromatic carbocycles. The van der Waals surface area contributed by atoms with Crippen molar-refractivity contribution in [1.29, 1.82) is 0 Å². The molecule has 1 atom stereocenters. The van der Waals surface area contributed by atoms with Gasteiger partial charge in [-0.3, -0.25) is 4.79 Å². The van der Waals surface area contributed by atoms with Crippen molar-refractivity contribution in [2.75, 3.05) is 20.3 Å². The van der Waals surface area contributed by atoms with Crippen LogP contribution in [-0.2, 0) is 9.53 Å². The fourth-order valence-electron chi connectivity index (χ4n) is 3.73. The van der Waals surface area contributed by atoms with Gasteiger partial charge in [0.25, 0.3) is 5.91 Å². The molecule has 172 valence electrons. The van der Waals surface area contributed by atoms with Gasteiger partial charge in [-0.2, -0.15) is 0 Å². The zero-order valence-corrected chi connectivity index (χ0v) is 18.3. The molecule has 3 aromatic rings. The highest BCUT2D eigenvalue weighted by Gasteiger charge is 2.30. The Kier molecular flexibility index (Phi) is 6.13. The van der Waals surface area contributed by atoms with E-state index in [4.69, 9.17) is 9.47 Å². The van der Waals surface area contributed by atoms with Crippen LogP contribution in [0.4, 0.5) is 13.2 Å². The molecule has 1 amide bonds. The lowest BCUT2D eigenvalue weighted by molar-refractivity contribution is -0.137. The second-order valence-electron chi connectivity index (χ2n) is 7.68. The van der Waals surface area contributed by atoms with E-state index in [2.05, 4.69) is 4.98 Å². The Morgan fingerprint density at radius 3 is 2.55 bits per heavy atom. The topological polar surface area (TPSA) is 56.6 Å². The molecule has 9 heteroatoms. The Morgan fingerprint density at radius 2 is 1.91 bits per heavy atom. The van der Waals surface area contributed by atoms with Crippen LogP contribution in [0.1, 0.15) is 29.8 Å². The van der Waals surface area contributed by atoms with Crippen molar-refractivity contribution in [3.05, 3.63) is 82.9 Å². The number of ether oxygens (including phenoxy) is 2. The number of carbonyl (C=O) groups is 1. The van der Waals surface area contributed by atoms with Gasteiger partial charge in [-0.1, -0.05) is 6.07 Å². The highest BCUT2D eigenvalue weighted by Crippen LogP contribution is 2.29. The van der Waals surface area contributed by atoms with Crippen molar-refractivity contribution in [2.45, 2.75) is 19.9 Å². The number of hydrogen-bond acceptors (Lipinski definition) is 4. The molecular formula is C24H22F3N3O3. The molecule has 0 aliphatic carbocycles. The van der Waals surface area contributed by atoms with Crippen LogP contribution in [0.25, 0.3) is 11.8 Å². The number of aromatic nitrogens is 2. The van der Waals surface area contributed by atoms with Gasteiger partial charge in [0.2, 0.25) is 0 Å². The van der Waals surface area contributed by atoms with Crippen molar-refractivity contribution >= 4 is 12.0 Å². The second-order valence-corrected chi connectivity index (χ2v) is 7.68. The summed E-state index contributed by atoms with van der Waals surface area (Å²) in [6, 6.07) is 6.53. The van der Waals surface area contributed by atoms with Crippen LogP contribution in [0.3, 0.4) is 0 Å². The standard InChI is InChI=1S/C24H22F3N3O3/c1-14-12-29(13-28-14)20-5-4-16(8-21(20)32-3)9-22-24(31)30(6-7-33-22)15(2)17-10-18(25)23(27)19(26)11-17/h4-5,8-13,15H,6-7H2,1-3H3/b22-9-/t15-/m0/s1. The van der Waals surface area contributed by atoms with E-state index in [0.29, 0.717) is 11.3 Å². The Bertz CT molecular complexity index is 1220. The number of nitrogens with zero attached hydrogens (tertiary/aromatic N) is 3. The average Bonchev–Trinajstić information content (AvgIpc) is 3.24. The third-order valence-electron chi connectivity index (χ3n) is 5.51. The molecule has 33 heavy (non-hydrogen) atoms. The van der Waals surface area contributed by atoms with Crippen LogP contribution in [0.2, 0.25) is 0 Å². The van der Waals surface area contributed by atoms with Gasteiger partial charge in [-0.25, -0.2) is 18.2 Å². The van der Waals surface area contributed by atoms with Crippen molar-refractivity contribution in [3.8, 4) is 11.4 Å². The molecule has 1 fully saturated rings. The summed E-state index contributed by atoms with van der Waals surface area (Å²) in [5.41, 5.74) is 2.47. The minimum atomic E-state index is -1.54. The Labute approximate surface area is 188 Å². The van der Waals surface area contributed by atoms with Crippen LogP contribution in [0.15, 0.2) is 48.6 Å². The molecule has 0 unspecified atom stereocenters. The maximum Gasteiger partial charge on any atom is 0.289 e. The van der Waals surface area contributed by atoms with Gasteiger partial charge in [0.15, 0.2) is 23.2 Å². The summed E-state index contributed by atoms with van der Waals surface area (Å²) in [7, 11) is 1.55. The summed E-state index contributed by atoms with van der Waals surface area (Å²) in [6.07, 6.45) is 5.13. The Balaban J connectivity index is 1.60. The fourth-order valence-corrected chi connectivity index (χ4v) is 3.73. The summed E-state index contributed by atoms with van der Waals surface area (Å²) in [5.74, 6) is -3.91. The summed E-state index contributed by atoms with van der Waals surface area (Å²) in [5, 5.41) is 0. The number of rotatable bonds is 5. The first-order chi connectivity index (χ1) is 15.8. The molecule has 0 spiro atoms. The minimum Gasteiger partial charge on any atom is -0.495 e. The van der Waals surface area contributed by atoms with Crippen LogP contribution in [-0.4, -0.2) is 40.6 Å². The van der Waals surface area contributed by atoms with E-state index in [0.717, 1.165) is 23.5 Å². The maximum absolute atomic E-state index is 13.7. The Morgan fingerprint density at radius 1 is 1.18 bits per heavy atom. The SMILES string of the molecule is COc1cc(/C=C2\OCCN([C@@H](C)c3cc(F)c(F)c(F)c3)C2=O)ccc1-n1cnc(C)c1. The van der Waals surface area contributed by atoms with Crippen molar-refractivity contribution in [3.63, 3.8) is 0 Å². The van der Waals surface area contributed by atoms with Gasteiger partial charge in [0.05, 0.1) is 37.4 Å². The molecule has 0 saturated carbocycles. The van der Waals surface area contributed by atoms with Crippen molar-refractivity contribution < 1.29 is 27.4 Å². The predicted octanol–water partition coefficient (Wildman–Crippen LogP) is 4.57. The molecule has 0 radical (unpaired) electrons. The average molecular weight is 457 g/mol. The molecule has 1 aliphatic heterocycles. The lowest BCUT2D eigenvalue weighted by Crippen LogP contribution is -2.41. The van der Waals surface area contributed by atoms with Crippen molar-refractivity contribution in [1.82, 2.24) is 14.5 Å². The van der Waals surface area contributed by atoms with Gasteiger partial charge < -0.3 is 18.9 Å². The quantitative estimate of drug-likeness (QED) is 0.416. The first-order valence-corrected chi connectivity index (χ1v) is 10.3. The van der Waals surface area contributed by atoms with E-state index in [1.165, 1.54) is 4.90 Å². The smallest absolute Gasteiger partial charge is 0.289 e. The summed E-state index contributed by atoms with van der Waals surface area (Å²) in [6.45, 7) is 3.94. The molecule has 1 saturated heterocycles. The van der Waals surface area contributed by atoms with E-state index in [9.17, 15) is 18.0 Å². The third kappa shape index (κ3) is 4.44. The van der Waals surface area contributed by atoms with E-state index >= 15 is 0 Å². The van der Waals surface area contributed by atoms with Crippen LogP contribution >= 0.6 is 0 Å². The zero-order chi connectivity index (χ0) is 23.7. The number of halogens is 3. The number of imidazole rings is 1. The molecule has 1 aliphatic rings. The van der Waals surface area contributed by atoms with Gasteiger partial charge in [0.1, 0.15) is 12.4 Å². The number of benzene rings is 2. The number of aryl methyl sites for hydroxylation is 1. The molecule has 2 heterocycles. The third-order valence-corrected chi connectivity index (χ3v) is 5.51. The molecule has 6 nitrogen and oxygen atoms in total. The summed E-state index contributed by atoms with van der Waals surface area (Å²) in [4.78, 5) is 18.7. The van der Waals surface area contributed by atoms with E-state index in [-0.39, 0.29) is 24.5 Å². The van der Waals surface area contributed by atoms with Crippen LogP contribution in [0.5, 0.6) is 5.75 Å². The largest absolute Gasteiger partial charge is 0.495 e. The number of amides is 1. The monoisotopic (exact) mass is 457 g/mol. The normalized spacial score (nSPS) is 16.1. The first-order valence-electron chi connectivity index (χ1n) is 10.3. The number of methoxy groups -OCH3 is 1. The maximum atomic E-state index is 13.7. The number of carbonyl (C=O) groups excluding carboxylic acids is 1. The molecule has 0 bridgehead atoms. The molecule has 1 aromatic heterocycles. The fraction of sp³-hybridized carbons (Fsp3) is 0.250. The van der Waals surface area contributed by atoms with Gasteiger partial charge >= 0.3 is 0 Å². The summed E-state index contributed by atoms with van der Waals surface area (Å²) >= 11 is 0. The van der Waals surface area contributed by atoms with Gasteiger partial charge in [-0.15, -0.1) is 0 Å². The van der Waals surface area contributed by atoms with Gasteiger partial charge in [-0.05, 0) is 55.3 Å². The molecular weight excluding hydrogens is 435 g/mol. The van der Waals surface area contributed by atoms with Crippen molar-refractivity contribution in [2.24, 2.45) is 0 Å². The lowest BCUT2D eigenvalue weighted by atomic mass is 10.0. The zero-order valence-electron chi connectivity index (χ0n) is 18.3.